The molecule has 13 heteroatoms. The highest BCUT2D eigenvalue weighted by Gasteiger charge is 2.41. The van der Waals surface area contributed by atoms with Crippen LogP contribution in [0, 0.1) is 5.82 Å². The largest absolute Gasteiger partial charge is 0.443 e. The molecule has 0 radical (unpaired) electrons. The highest BCUT2D eigenvalue weighted by Crippen LogP contribution is 2.35. The fourth-order valence-corrected chi connectivity index (χ4v) is 4.71. The smallest absolute Gasteiger partial charge is 0.407 e. The number of hydrogen-bond donors (Lipinski definition) is 2. The standard InChI is InChI=1S/C22H21ClFN5O6/c23-15-5-11(7-25-22(33)35-9-12-6-13-10-34-4-3-29(13)27-12)19(24)18-14(15)8-28(21(18)32)16-1-2-17(30)26-20(16)31/h5-6,16H,1-4,7-10H2,(H,25,33)(H,26,30,31). The Kier molecular flexibility index (Phi) is 6.15. The Labute approximate surface area is 203 Å². The molecule has 1 atom stereocenters. The number of hydrogen-bond acceptors (Lipinski definition) is 7. The number of carbonyl (C=O) groups excluding carboxylic acids is 4. The molecule has 5 rings (SSSR count). The van der Waals surface area contributed by atoms with Crippen LogP contribution in [0.2, 0.25) is 5.02 Å². The highest BCUT2D eigenvalue weighted by atomic mass is 35.5. The molecule has 11 nitrogen and oxygen atoms in total. The van der Waals surface area contributed by atoms with Crippen LogP contribution in [-0.4, -0.2) is 51.1 Å². The zero-order valence-electron chi connectivity index (χ0n) is 18.4. The fourth-order valence-electron chi connectivity index (χ4n) is 4.42. The Hall–Kier alpha value is -3.51. The monoisotopic (exact) mass is 505 g/mol. The van der Waals surface area contributed by atoms with Crippen LogP contribution in [-0.2, 0) is 51.9 Å². The van der Waals surface area contributed by atoms with Crippen LogP contribution >= 0.6 is 11.6 Å². The summed E-state index contributed by atoms with van der Waals surface area (Å²) in [6.45, 7) is 1.25. The number of halogens is 2. The van der Waals surface area contributed by atoms with Crippen LogP contribution in [0.5, 0.6) is 0 Å². The number of piperidine rings is 1. The number of nitrogens with one attached hydrogen (secondary N) is 2. The molecule has 2 aromatic rings. The van der Waals surface area contributed by atoms with Gasteiger partial charge in [-0.25, -0.2) is 9.18 Å². The van der Waals surface area contributed by atoms with E-state index >= 15 is 4.39 Å². The molecule has 0 saturated carbocycles. The van der Waals surface area contributed by atoms with Crippen molar-refractivity contribution >= 4 is 35.4 Å². The second kappa shape index (κ2) is 9.27. The minimum Gasteiger partial charge on any atom is -0.443 e. The average Bonchev–Trinajstić information content (AvgIpc) is 3.40. The first-order valence-electron chi connectivity index (χ1n) is 11.0. The van der Waals surface area contributed by atoms with Crippen molar-refractivity contribution in [2.45, 2.75) is 51.7 Å². The second-order valence-corrected chi connectivity index (χ2v) is 8.82. The average molecular weight is 506 g/mol. The van der Waals surface area contributed by atoms with E-state index in [-0.39, 0.29) is 54.3 Å². The number of rotatable bonds is 5. The van der Waals surface area contributed by atoms with E-state index in [1.54, 1.807) is 10.7 Å². The topological polar surface area (TPSA) is 132 Å². The summed E-state index contributed by atoms with van der Waals surface area (Å²) >= 11 is 6.32. The molecule has 2 N–H and O–H groups in total. The summed E-state index contributed by atoms with van der Waals surface area (Å²) in [5.41, 5.74) is 1.47. The number of benzene rings is 1. The Morgan fingerprint density at radius 3 is 2.94 bits per heavy atom. The van der Waals surface area contributed by atoms with Gasteiger partial charge in [0.2, 0.25) is 11.8 Å². The maximum absolute atomic E-state index is 15.3. The van der Waals surface area contributed by atoms with E-state index in [0.29, 0.717) is 25.5 Å². The van der Waals surface area contributed by atoms with Crippen LogP contribution in [0.25, 0.3) is 0 Å². The first kappa shape index (κ1) is 23.2. The molecular formula is C22H21ClFN5O6. The summed E-state index contributed by atoms with van der Waals surface area (Å²) in [6, 6.07) is 2.23. The molecule has 1 fully saturated rings. The third kappa shape index (κ3) is 4.46. The maximum atomic E-state index is 15.3. The van der Waals surface area contributed by atoms with Gasteiger partial charge in [-0.3, -0.25) is 24.4 Å². The molecule has 35 heavy (non-hydrogen) atoms. The minimum atomic E-state index is -0.889. The van der Waals surface area contributed by atoms with Crippen molar-refractivity contribution in [2.75, 3.05) is 6.61 Å². The van der Waals surface area contributed by atoms with E-state index in [1.165, 1.54) is 11.0 Å². The summed E-state index contributed by atoms with van der Waals surface area (Å²) in [6.07, 6.45) is -0.560. The van der Waals surface area contributed by atoms with Gasteiger partial charge in [-0.15, -0.1) is 0 Å². The molecule has 1 aromatic heterocycles. The van der Waals surface area contributed by atoms with Gasteiger partial charge in [0, 0.05) is 35.7 Å². The molecule has 4 heterocycles. The van der Waals surface area contributed by atoms with Gasteiger partial charge in [-0.1, -0.05) is 11.6 Å². The van der Waals surface area contributed by atoms with Crippen LogP contribution in [0.3, 0.4) is 0 Å². The van der Waals surface area contributed by atoms with Gasteiger partial charge in [0.25, 0.3) is 5.91 Å². The van der Waals surface area contributed by atoms with E-state index in [9.17, 15) is 19.2 Å². The van der Waals surface area contributed by atoms with Gasteiger partial charge in [0.15, 0.2) is 0 Å². The highest BCUT2D eigenvalue weighted by molar-refractivity contribution is 6.32. The zero-order valence-corrected chi connectivity index (χ0v) is 19.2. The van der Waals surface area contributed by atoms with Crippen molar-refractivity contribution < 1.29 is 33.0 Å². The quantitative estimate of drug-likeness (QED) is 0.587. The number of amides is 4. The number of fused-ring (bicyclic) bond motifs is 2. The van der Waals surface area contributed by atoms with Gasteiger partial charge < -0.3 is 19.7 Å². The second-order valence-electron chi connectivity index (χ2n) is 8.42. The lowest BCUT2D eigenvalue weighted by molar-refractivity contribution is -0.136. The van der Waals surface area contributed by atoms with Crippen molar-refractivity contribution in [3.63, 3.8) is 0 Å². The molecule has 0 bridgehead atoms. The van der Waals surface area contributed by atoms with Crippen molar-refractivity contribution in [1.82, 2.24) is 25.3 Å². The predicted molar refractivity (Wildman–Crippen MR) is 116 cm³/mol. The summed E-state index contributed by atoms with van der Waals surface area (Å²) < 4.78 is 27.6. The molecule has 1 aromatic carbocycles. The van der Waals surface area contributed by atoms with Crippen molar-refractivity contribution in [1.29, 1.82) is 0 Å². The first-order valence-corrected chi connectivity index (χ1v) is 11.4. The Morgan fingerprint density at radius 1 is 1.34 bits per heavy atom. The molecule has 3 aliphatic rings. The van der Waals surface area contributed by atoms with E-state index < -0.39 is 35.7 Å². The molecule has 0 aliphatic carbocycles. The third-order valence-corrected chi connectivity index (χ3v) is 6.50. The molecule has 1 unspecified atom stereocenters. The Bertz CT molecular complexity index is 1220. The van der Waals surface area contributed by atoms with Gasteiger partial charge in [0.05, 0.1) is 31.0 Å². The van der Waals surface area contributed by atoms with Crippen molar-refractivity contribution in [3.05, 3.63) is 51.1 Å². The number of carbonyl (C=O) groups is 4. The van der Waals surface area contributed by atoms with Crippen LogP contribution in [0.15, 0.2) is 12.1 Å². The third-order valence-electron chi connectivity index (χ3n) is 6.17. The molecule has 1 saturated heterocycles. The SMILES string of the molecule is O=C1CCC(N2Cc3c(Cl)cc(CNC(=O)OCc4cc5n(n4)CCOC5)c(F)c3C2=O)C(=O)N1. The number of imide groups is 1. The lowest BCUT2D eigenvalue weighted by atomic mass is 10.0. The van der Waals surface area contributed by atoms with Crippen LogP contribution in [0.4, 0.5) is 9.18 Å². The van der Waals surface area contributed by atoms with Crippen molar-refractivity contribution in [3.8, 4) is 0 Å². The van der Waals surface area contributed by atoms with Gasteiger partial charge in [-0.2, -0.15) is 5.10 Å². The van der Waals surface area contributed by atoms with Gasteiger partial charge in [0.1, 0.15) is 24.2 Å². The first-order chi connectivity index (χ1) is 16.8. The van der Waals surface area contributed by atoms with E-state index in [0.717, 1.165) is 5.69 Å². The van der Waals surface area contributed by atoms with E-state index in [2.05, 4.69) is 15.7 Å². The van der Waals surface area contributed by atoms with Crippen LogP contribution in [0.1, 0.15) is 45.7 Å². The van der Waals surface area contributed by atoms with Crippen molar-refractivity contribution in [2.24, 2.45) is 0 Å². The number of nitrogens with zero attached hydrogens (tertiary/aromatic N) is 3. The number of alkyl carbamates (subject to hydrolysis) is 1. The molecule has 0 spiro atoms. The molecule has 184 valence electrons. The summed E-state index contributed by atoms with van der Waals surface area (Å²) in [5.74, 6) is -2.53. The lowest BCUT2D eigenvalue weighted by Gasteiger charge is -2.29. The van der Waals surface area contributed by atoms with Crippen LogP contribution < -0.4 is 10.6 Å². The number of ether oxygens (including phenoxy) is 2. The Morgan fingerprint density at radius 2 is 2.17 bits per heavy atom. The van der Waals surface area contributed by atoms with E-state index in [4.69, 9.17) is 21.1 Å². The maximum Gasteiger partial charge on any atom is 0.407 e. The van der Waals surface area contributed by atoms with Gasteiger partial charge >= 0.3 is 6.09 Å². The fraction of sp³-hybridized carbons (Fsp3) is 0.409. The summed E-state index contributed by atoms with van der Waals surface area (Å²) in [7, 11) is 0. The zero-order chi connectivity index (χ0) is 24.7. The summed E-state index contributed by atoms with van der Waals surface area (Å²) in [4.78, 5) is 49.9. The molecular weight excluding hydrogens is 485 g/mol. The predicted octanol–water partition coefficient (Wildman–Crippen LogP) is 1.39. The van der Waals surface area contributed by atoms with Gasteiger partial charge in [-0.05, 0) is 18.6 Å². The molecule has 3 aliphatic heterocycles. The summed E-state index contributed by atoms with van der Waals surface area (Å²) in [5, 5.41) is 9.11. The van der Waals surface area contributed by atoms with E-state index in [1.807, 2.05) is 0 Å². The normalized spacial score (nSPS) is 19.3. The lowest BCUT2D eigenvalue weighted by Crippen LogP contribution is -2.52. The number of aromatic nitrogens is 2. The minimum absolute atomic E-state index is 0.00113. The molecule has 4 amide bonds. The Balaban J connectivity index is 1.23.